The molecule has 1 fully saturated rings. The van der Waals surface area contributed by atoms with Gasteiger partial charge in [-0.2, -0.15) is 0 Å². The Morgan fingerprint density at radius 1 is 0.277 bits per heavy atom. The van der Waals surface area contributed by atoms with E-state index < -0.39 is 0 Å². The number of rotatable bonds is 9. The molecule has 15 rings (SSSR count). The molecular formula is C75H58BN5O2. The summed E-state index contributed by atoms with van der Waals surface area (Å²) in [4.78, 5) is 14.9. The van der Waals surface area contributed by atoms with Gasteiger partial charge in [0.15, 0.2) is 17.5 Å². The molecule has 4 heterocycles. The molecule has 1 aliphatic heterocycles. The van der Waals surface area contributed by atoms with Crippen LogP contribution >= 0.6 is 0 Å². The van der Waals surface area contributed by atoms with E-state index in [0.717, 1.165) is 44.5 Å². The van der Waals surface area contributed by atoms with Gasteiger partial charge in [0, 0.05) is 49.6 Å². The molecule has 14 aromatic rings. The lowest BCUT2D eigenvalue weighted by atomic mass is 9.78. The van der Waals surface area contributed by atoms with Crippen molar-refractivity contribution in [1.29, 1.82) is 0 Å². The van der Waals surface area contributed by atoms with Crippen LogP contribution in [0, 0.1) is 0 Å². The van der Waals surface area contributed by atoms with Crippen LogP contribution in [0.25, 0.3) is 123 Å². The summed E-state index contributed by atoms with van der Waals surface area (Å²) in [5.41, 5.74) is 17.4. The van der Waals surface area contributed by atoms with E-state index in [1.54, 1.807) is 0 Å². The summed E-state index contributed by atoms with van der Waals surface area (Å²) < 4.78 is 17.1. The number of para-hydroxylation sites is 4. The van der Waals surface area contributed by atoms with Crippen molar-refractivity contribution in [3.8, 4) is 78.9 Å². The van der Waals surface area contributed by atoms with Crippen molar-refractivity contribution in [3.63, 3.8) is 0 Å². The van der Waals surface area contributed by atoms with Crippen LogP contribution in [0.15, 0.2) is 279 Å². The van der Waals surface area contributed by atoms with Crippen LogP contribution in [0.3, 0.4) is 0 Å². The van der Waals surface area contributed by atoms with Gasteiger partial charge < -0.3 is 18.4 Å². The number of nitrogens with zero attached hydrogens (tertiary/aromatic N) is 5. The monoisotopic (exact) mass is 1070 g/mol. The third-order valence-corrected chi connectivity index (χ3v) is 16.5. The Morgan fingerprint density at radius 2 is 0.566 bits per heavy atom. The molecule has 0 saturated carbocycles. The van der Waals surface area contributed by atoms with Crippen LogP contribution in [0.4, 0.5) is 0 Å². The summed E-state index contributed by atoms with van der Waals surface area (Å²) in [5.74, 6) is 1.94. The van der Waals surface area contributed by atoms with Crippen LogP contribution < -0.4 is 5.46 Å². The highest BCUT2D eigenvalue weighted by atomic mass is 16.7. The molecule has 3 aromatic heterocycles. The molecule has 83 heavy (non-hydrogen) atoms. The zero-order valence-corrected chi connectivity index (χ0v) is 46.7. The number of fused-ring (bicyclic) bond motifs is 6. The Kier molecular flexibility index (Phi) is 13.0. The van der Waals surface area contributed by atoms with E-state index in [2.05, 4.69) is 279 Å². The van der Waals surface area contributed by atoms with Gasteiger partial charge in [-0.3, -0.25) is 0 Å². The molecule has 0 unspecified atom stereocenters. The number of hydrogen-bond donors (Lipinski definition) is 0. The van der Waals surface area contributed by atoms with Gasteiger partial charge in [-0.1, -0.05) is 218 Å². The molecule has 0 amide bonds. The lowest BCUT2D eigenvalue weighted by Crippen LogP contribution is -2.41. The van der Waals surface area contributed by atoms with Crippen molar-refractivity contribution in [3.05, 3.63) is 279 Å². The molecule has 0 N–H and O–H groups in total. The minimum Gasteiger partial charge on any atom is -0.399 e. The maximum Gasteiger partial charge on any atom is 0.494 e. The minimum atomic E-state index is -0.342. The molecule has 0 aliphatic carbocycles. The highest BCUT2D eigenvalue weighted by Gasteiger charge is 2.51. The molecule has 398 valence electrons. The summed E-state index contributed by atoms with van der Waals surface area (Å²) in [5, 5.41) is 4.99. The predicted octanol–water partition coefficient (Wildman–Crippen LogP) is 18.1. The quantitative estimate of drug-likeness (QED) is 0.135. The maximum absolute atomic E-state index is 6.22. The fourth-order valence-corrected chi connectivity index (χ4v) is 11.4. The highest BCUT2D eigenvalue weighted by molar-refractivity contribution is 6.62. The van der Waals surface area contributed by atoms with Gasteiger partial charge in [-0.25, -0.2) is 15.0 Å². The first-order chi connectivity index (χ1) is 40.6. The van der Waals surface area contributed by atoms with Crippen molar-refractivity contribution >= 4 is 56.2 Å². The molecule has 0 radical (unpaired) electrons. The van der Waals surface area contributed by atoms with E-state index in [1.807, 2.05) is 36.4 Å². The van der Waals surface area contributed by atoms with Crippen molar-refractivity contribution < 1.29 is 9.31 Å². The Balaban J connectivity index is 0.000000158. The molecule has 11 aromatic carbocycles. The van der Waals surface area contributed by atoms with Crippen molar-refractivity contribution in [1.82, 2.24) is 24.1 Å². The molecule has 0 spiro atoms. The van der Waals surface area contributed by atoms with Gasteiger partial charge in [0.1, 0.15) is 0 Å². The average Bonchev–Trinajstić information content (AvgIpc) is 4.29. The van der Waals surface area contributed by atoms with Gasteiger partial charge in [-0.05, 0) is 127 Å². The SMILES string of the molecule is CC1(C)OB(c2ccc(-c3ccc4c(c3)c3ccccc3n4-c3ccccc3)cc2)OC1(C)C.c1ccc(-c2ccc(-c3nc(-c4ccccc4)nc(-c4ccc(-c5ccc6c(c5)c5ccccc5n6-c5ccccc5)cc4)n3)cc2)cc1. The fourth-order valence-electron chi connectivity index (χ4n) is 11.4. The van der Waals surface area contributed by atoms with Crippen LogP contribution in [-0.2, 0) is 9.31 Å². The van der Waals surface area contributed by atoms with E-state index in [1.165, 1.54) is 66.0 Å². The van der Waals surface area contributed by atoms with Crippen LogP contribution in [0.2, 0.25) is 0 Å². The largest absolute Gasteiger partial charge is 0.494 e. The van der Waals surface area contributed by atoms with Gasteiger partial charge in [0.2, 0.25) is 0 Å². The standard InChI is InChI=1S/C45H30N4.C30H28BNO2/c1-4-12-31(13-5-1)32-20-24-35(25-21-32)44-46-43(34-14-6-2-7-15-34)47-45(48-44)36-26-22-33(23-27-36)37-28-29-42-40(30-37)39-18-10-11-19-41(39)49(42)38-16-8-3-9-17-38;1-29(2)30(3,4)34-31(33-29)23-17-14-21(15-18-23)22-16-19-28-26(20-22)25-12-8-9-13-27(25)32(28)24-10-6-5-7-11-24/h1-30H;5-20H,1-4H3. The van der Waals surface area contributed by atoms with E-state index >= 15 is 0 Å². The Bertz CT molecular complexity index is 4620. The van der Waals surface area contributed by atoms with E-state index in [-0.39, 0.29) is 18.3 Å². The van der Waals surface area contributed by atoms with Gasteiger partial charge >= 0.3 is 7.12 Å². The van der Waals surface area contributed by atoms with E-state index in [4.69, 9.17) is 24.3 Å². The van der Waals surface area contributed by atoms with Crippen LogP contribution in [0.5, 0.6) is 0 Å². The maximum atomic E-state index is 6.22. The first kappa shape index (κ1) is 51.2. The zero-order valence-electron chi connectivity index (χ0n) is 46.7. The predicted molar refractivity (Wildman–Crippen MR) is 343 cm³/mol. The van der Waals surface area contributed by atoms with Crippen LogP contribution in [-0.4, -0.2) is 42.4 Å². The van der Waals surface area contributed by atoms with Gasteiger partial charge in [0.05, 0.1) is 33.3 Å². The van der Waals surface area contributed by atoms with Crippen LogP contribution in [0.1, 0.15) is 27.7 Å². The van der Waals surface area contributed by atoms with Crippen molar-refractivity contribution in [2.24, 2.45) is 0 Å². The van der Waals surface area contributed by atoms with Crippen molar-refractivity contribution in [2.45, 2.75) is 38.9 Å². The van der Waals surface area contributed by atoms with Gasteiger partial charge in [-0.15, -0.1) is 0 Å². The summed E-state index contributed by atoms with van der Waals surface area (Å²) in [7, 11) is -0.342. The smallest absolute Gasteiger partial charge is 0.399 e. The molecule has 7 nitrogen and oxygen atoms in total. The Morgan fingerprint density at radius 3 is 0.988 bits per heavy atom. The minimum absolute atomic E-state index is 0.339. The first-order valence-electron chi connectivity index (χ1n) is 28.3. The van der Waals surface area contributed by atoms with Crippen molar-refractivity contribution in [2.75, 3.05) is 0 Å². The summed E-state index contributed by atoms with van der Waals surface area (Å²) in [6.07, 6.45) is 0. The zero-order chi connectivity index (χ0) is 56.1. The normalized spacial score (nSPS) is 13.6. The summed E-state index contributed by atoms with van der Waals surface area (Å²) in [6, 6.07) is 97.9. The summed E-state index contributed by atoms with van der Waals surface area (Å²) in [6.45, 7) is 8.34. The fraction of sp³-hybridized carbons (Fsp3) is 0.0800. The summed E-state index contributed by atoms with van der Waals surface area (Å²) >= 11 is 0. The molecule has 8 heteroatoms. The Labute approximate surface area is 483 Å². The molecule has 1 aliphatic rings. The Hall–Kier alpha value is -9.99. The third kappa shape index (κ3) is 9.68. The number of hydrogen-bond acceptors (Lipinski definition) is 5. The van der Waals surface area contributed by atoms with Gasteiger partial charge in [0.25, 0.3) is 0 Å². The molecule has 0 atom stereocenters. The molecule has 1 saturated heterocycles. The third-order valence-electron chi connectivity index (χ3n) is 16.5. The van der Waals surface area contributed by atoms with E-state index in [9.17, 15) is 0 Å². The lowest BCUT2D eigenvalue weighted by molar-refractivity contribution is 0.00578. The number of aromatic nitrogens is 5. The lowest BCUT2D eigenvalue weighted by Gasteiger charge is -2.32. The highest BCUT2D eigenvalue weighted by Crippen LogP contribution is 2.39. The first-order valence-corrected chi connectivity index (χ1v) is 28.3. The number of benzene rings is 11. The van der Waals surface area contributed by atoms with E-state index in [0.29, 0.717) is 17.5 Å². The molecule has 0 bridgehead atoms. The second kappa shape index (κ2) is 21.2. The topological polar surface area (TPSA) is 67.0 Å². The average molecular weight is 1070 g/mol. The second-order valence-electron chi connectivity index (χ2n) is 22.2. The molecular weight excluding hydrogens is 1010 g/mol. The second-order valence-corrected chi connectivity index (χ2v) is 22.2.